The first-order valence-corrected chi connectivity index (χ1v) is 6.05. The highest BCUT2D eigenvalue weighted by Gasteiger charge is 2.21. The second-order valence-corrected chi connectivity index (χ2v) is 4.54. The summed E-state index contributed by atoms with van der Waals surface area (Å²) in [5.41, 5.74) is 0. The van der Waals surface area contributed by atoms with Crippen LogP contribution in [0.2, 0.25) is 0 Å². The van der Waals surface area contributed by atoms with Crippen LogP contribution in [0.4, 0.5) is 0 Å². The Bertz CT molecular complexity index is 268. The van der Waals surface area contributed by atoms with Gasteiger partial charge in [-0.3, -0.25) is 4.79 Å². The van der Waals surface area contributed by atoms with Crippen molar-refractivity contribution in [2.45, 2.75) is 26.7 Å². The molecule has 16 heavy (non-hydrogen) atoms. The summed E-state index contributed by atoms with van der Waals surface area (Å²) in [6.45, 7) is 6.36. The van der Waals surface area contributed by atoms with E-state index in [4.69, 9.17) is 5.26 Å². The highest BCUT2D eigenvalue weighted by Crippen LogP contribution is 2.27. The van der Waals surface area contributed by atoms with Crippen LogP contribution in [0.3, 0.4) is 0 Å². The highest BCUT2D eigenvalue weighted by molar-refractivity contribution is 5.78. The van der Waals surface area contributed by atoms with Crippen molar-refractivity contribution in [3.05, 3.63) is 0 Å². The molecule has 1 N–H and O–H groups in total. The molecule has 90 valence electrons. The molecule has 0 aromatic rings. The average Bonchev–Trinajstić information content (AvgIpc) is 3.09. The van der Waals surface area contributed by atoms with Gasteiger partial charge in [-0.05, 0) is 39.2 Å². The van der Waals surface area contributed by atoms with Crippen LogP contribution in [0.5, 0.6) is 0 Å². The normalized spacial score (nSPS) is 16.6. The van der Waals surface area contributed by atoms with Crippen molar-refractivity contribution in [2.75, 3.05) is 26.2 Å². The molecule has 1 aliphatic carbocycles. The molecule has 0 saturated heterocycles. The highest BCUT2D eigenvalue weighted by atomic mass is 16.2. The van der Waals surface area contributed by atoms with Crippen molar-refractivity contribution >= 4 is 5.91 Å². The van der Waals surface area contributed by atoms with Gasteiger partial charge in [-0.1, -0.05) is 0 Å². The van der Waals surface area contributed by atoms with Gasteiger partial charge in [-0.25, -0.2) is 0 Å². The maximum Gasteiger partial charge on any atom is 0.236 e. The predicted octanol–water partition coefficient (Wildman–Crippen LogP) is 0.994. The minimum absolute atomic E-state index is 0.0904. The minimum atomic E-state index is -0.0904. The van der Waals surface area contributed by atoms with Gasteiger partial charge in [0.1, 0.15) is 0 Å². The van der Waals surface area contributed by atoms with E-state index in [-0.39, 0.29) is 11.8 Å². The first-order valence-electron chi connectivity index (χ1n) is 6.05. The SMILES string of the molecule is CCN(CC(C)C#N)C(=O)CNCC1CC1. The molecule has 1 fully saturated rings. The lowest BCUT2D eigenvalue weighted by Crippen LogP contribution is -2.40. The van der Waals surface area contributed by atoms with Gasteiger partial charge in [0.25, 0.3) is 0 Å². The quantitative estimate of drug-likeness (QED) is 0.700. The number of nitrogens with zero attached hydrogens (tertiary/aromatic N) is 2. The van der Waals surface area contributed by atoms with Crippen LogP contribution in [-0.2, 0) is 4.79 Å². The second kappa shape index (κ2) is 6.49. The number of hydrogen-bond acceptors (Lipinski definition) is 3. The molecule has 1 aliphatic rings. The van der Waals surface area contributed by atoms with Gasteiger partial charge in [-0.15, -0.1) is 0 Å². The molecule has 0 bridgehead atoms. The van der Waals surface area contributed by atoms with Crippen molar-refractivity contribution in [3.8, 4) is 6.07 Å². The molecule has 0 spiro atoms. The number of carbonyl (C=O) groups excluding carboxylic acids is 1. The predicted molar refractivity (Wildman–Crippen MR) is 62.6 cm³/mol. The maximum absolute atomic E-state index is 11.8. The number of amides is 1. The third-order valence-electron chi connectivity index (χ3n) is 2.86. The van der Waals surface area contributed by atoms with E-state index in [0.29, 0.717) is 19.6 Å². The zero-order chi connectivity index (χ0) is 12.0. The largest absolute Gasteiger partial charge is 0.341 e. The van der Waals surface area contributed by atoms with E-state index in [1.807, 2.05) is 13.8 Å². The fourth-order valence-corrected chi connectivity index (χ4v) is 1.60. The van der Waals surface area contributed by atoms with E-state index in [0.717, 1.165) is 12.5 Å². The van der Waals surface area contributed by atoms with E-state index >= 15 is 0 Å². The van der Waals surface area contributed by atoms with Crippen molar-refractivity contribution in [2.24, 2.45) is 11.8 Å². The Hall–Kier alpha value is -1.08. The van der Waals surface area contributed by atoms with Gasteiger partial charge in [0.05, 0.1) is 18.5 Å². The van der Waals surface area contributed by atoms with Crippen molar-refractivity contribution in [1.82, 2.24) is 10.2 Å². The number of hydrogen-bond donors (Lipinski definition) is 1. The number of nitrogens with one attached hydrogen (secondary N) is 1. The zero-order valence-electron chi connectivity index (χ0n) is 10.2. The molecule has 0 aromatic carbocycles. The van der Waals surface area contributed by atoms with Crippen LogP contribution in [-0.4, -0.2) is 37.0 Å². The molecule has 4 nitrogen and oxygen atoms in total. The number of rotatable bonds is 7. The molecule has 4 heteroatoms. The summed E-state index contributed by atoms with van der Waals surface area (Å²) < 4.78 is 0. The van der Waals surface area contributed by atoms with Gasteiger partial charge in [0, 0.05) is 13.1 Å². The van der Waals surface area contributed by atoms with Gasteiger partial charge in [0.2, 0.25) is 5.91 Å². The molecule has 1 saturated carbocycles. The van der Waals surface area contributed by atoms with Crippen LogP contribution in [0.1, 0.15) is 26.7 Å². The fourth-order valence-electron chi connectivity index (χ4n) is 1.60. The Labute approximate surface area is 97.6 Å². The van der Waals surface area contributed by atoms with Gasteiger partial charge in [0.15, 0.2) is 0 Å². The van der Waals surface area contributed by atoms with Gasteiger partial charge >= 0.3 is 0 Å². The fraction of sp³-hybridized carbons (Fsp3) is 0.833. The lowest BCUT2D eigenvalue weighted by atomic mass is 10.2. The molecule has 1 atom stereocenters. The van der Waals surface area contributed by atoms with E-state index < -0.39 is 0 Å². The molecule has 1 rings (SSSR count). The van der Waals surface area contributed by atoms with Crippen LogP contribution in [0.25, 0.3) is 0 Å². The Balaban J connectivity index is 2.21. The van der Waals surface area contributed by atoms with E-state index in [9.17, 15) is 4.79 Å². The molecule has 0 aromatic heterocycles. The Kier molecular flexibility index (Phi) is 5.27. The first kappa shape index (κ1) is 13.0. The average molecular weight is 223 g/mol. The molecule has 1 amide bonds. The monoisotopic (exact) mass is 223 g/mol. The first-order chi connectivity index (χ1) is 7.67. The topological polar surface area (TPSA) is 56.1 Å². The van der Waals surface area contributed by atoms with Crippen molar-refractivity contribution in [3.63, 3.8) is 0 Å². The molecule has 0 aliphatic heterocycles. The summed E-state index contributed by atoms with van der Waals surface area (Å²) in [7, 11) is 0. The van der Waals surface area contributed by atoms with E-state index in [2.05, 4.69) is 11.4 Å². The number of nitriles is 1. The number of carbonyl (C=O) groups is 1. The summed E-state index contributed by atoms with van der Waals surface area (Å²) in [4.78, 5) is 13.5. The van der Waals surface area contributed by atoms with Crippen LogP contribution in [0.15, 0.2) is 0 Å². The minimum Gasteiger partial charge on any atom is -0.341 e. The maximum atomic E-state index is 11.8. The summed E-state index contributed by atoms with van der Waals surface area (Å²) in [6.07, 6.45) is 2.59. The summed E-state index contributed by atoms with van der Waals surface area (Å²) in [5, 5.41) is 11.9. The molecule has 0 radical (unpaired) electrons. The second-order valence-electron chi connectivity index (χ2n) is 4.54. The lowest BCUT2D eigenvalue weighted by molar-refractivity contribution is -0.130. The number of likely N-dealkylation sites (N-methyl/N-ethyl adjacent to an activating group) is 1. The summed E-state index contributed by atoms with van der Waals surface area (Å²) in [6, 6.07) is 2.15. The third kappa shape index (κ3) is 4.63. The van der Waals surface area contributed by atoms with E-state index in [1.54, 1.807) is 4.90 Å². The summed E-state index contributed by atoms with van der Waals surface area (Å²) >= 11 is 0. The zero-order valence-corrected chi connectivity index (χ0v) is 10.2. The van der Waals surface area contributed by atoms with Crippen molar-refractivity contribution < 1.29 is 4.79 Å². The van der Waals surface area contributed by atoms with Crippen molar-refractivity contribution in [1.29, 1.82) is 5.26 Å². The third-order valence-corrected chi connectivity index (χ3v) is 2.86. The van der Waals surface area contributed by atoms with Crippen LogP contribution >= 0.6 is 0 Å². The smallest absolute Gasteiger partial charge is 0.236 e. The lowest BCUT2D eigenvalue weighted by Gasteiger charge is -2.22. The standard InChI is InChI=1S/C12H21N3O/c1-3-15(9-10(2)6-13)12(16)8-14-7-11-4-5-11/h10-11,14H,3-5,7-9H2,1-2H3. The van der Waals surface area contributed by atoms with E-state index in [1.165, 1.54) is 12.8 Å². The van der Waals surface area contributed by atoms with Gasteiger partial charge < -0.3 is 10.2 Å². The Morgan fingerprint density at radius 2 is 2.31 bits per heavy atom. The molecular formula is C12H21N3O. The van der Waals surface area contributed by atoms with Gasteiger partial charge in [-0.2, -0.15) is 5.26 Å². The summed E-state index contributed by atoms with van der Waals surface area (Å²) in [5.74, 6) is 0.804. The molecular weight excluding hydrogens is 202 g/mol. The van der Waals surface area contributed by atoms with Crippen LogP contribution < -0.4 is 5.32 Å². The van der Waals surface area contributed by atoms with Crippen LogP contribution in [0, 0.1) is 23.2 Å². The molecule has 0 heterocycles. The molecule has 1 unspecified atom stereocenters. The Morgan fingerprint density at radius 1 is 1.62 bits per heavy atom. The Morgan fingerprint density at radius 3 is 2.81 bits per heavy atom.